The second-order valence-corrected chi connectivity index (χ2v) is 12.8. The zero-order valence-electron chi connectivity index (χ0n) is 22.7. The fourth-order valence-corrected chi connectivity index (χ4v) is 5.77. The summed E-state index contributed by atoms with van der Waals surface area (Å²) >= 11 is 0. The molecule has 2 rings (SSSR count). The Morgan fingerprint density at radius 1 is 0.881 bits per heavy atom. The molecular weight excluding hydrogens is 626 g/mol. The van der Waals surface area contributed by atoms with Gasteiger partial charge < -0.3 is 19.5 Å². The Kier molecular flexibility index (Phi) is 11.1. The molecule has 0 aliphatic heterocycles. The van der Waals surface area contributed by atoms with Gasteiger partial charge in [0.1, 0.15) is 32.7 Å². The first kappa shape index (κ1) is 34.5. The molecule has 20 heteroatoms. The minimum atomic E-state index is -4.88. The number of ketones is 1. The molecule has 1 amide bonds. The Bertz CT molecular complexity index is 1720. The van der Waals surface area contributed by atoms with E-state index in [2.05, 4.69) is 19.7 Å². The first-order valence-electron chi connectivity index (χ1n) is 11.3. The summed E-state index contributed by atoms with van der Waals surface area (Å²) in [5.41, 5.74) is -0.140. The first-order valence-corrected chi connectivity index (χ1v) is 15.8. The van der Waals surface area contributed by atoms with E-state index in [-0.39, 0.29) is 34.2 Å². The van der Waals surface area contributed by atoms with Gasteiger partial charge in [-0.2, -0.15) is 27.1 Å². The number of Topliss-reactive ketones (excluding diaryl/α,β-unsaturated/α-hetero) is 1. The van der Waals surface area contributed by atoms with Gasteiger partial charge in [-0.15, -0.1) is 0 Å². The van der Waals surface area contributed by atoms with Crippen LogP contribution in [0.15, 0.2) is 44.3 Å². The number of amides is 1. The number of sulfone groups is 1. The zero-order valence-corrected chi connectivity index (χ0v) is 25.2. The van der Waals surface area contributed by atoms with Crippen LogP contribution < -0.4 is 19.5 Å². The van der Waals surface area contributed by atoms with Crippen molar-refractivity contribution in [2.24, 2.45) is 10.2 Å². The second kappa shape index (κ2) is 13.5. The molecule has 2 aromatic carbocycles. The van der Waals surface area contributed by atoms with Crippen molar-refractivity contribution in [1.29, 1.82) is 0 Å². The van der Waals surface area contributed by atoms with Crippen LogP contribution in [0.3, 0.4) is 0 Å². The third-order valence-electron chi connectivity index (χ3n) is 5.33. The number of aryl methyl sites for hydroxylation is 1. The van der Waals surface area contributed by atoms with Gasteiger partial charge in [0, 0.05) is 18.2 Å². The van der Waals surface area contributed by atoms with Gasteiger partial charge >= 0.3 is 10.4 Å². The van der Waals surface area contributed by atoms with Gasteiger partial charge in [0.05, 0.1) is 39.4 Å². The zero-order chi connectivity index (χ0) is 32.0. The van der Waals surface area contributed by atoms with Crippen molar-refractivity contribution in [2.75, 3.05) is 39.0 Å². The van der Waals surface area contributed by atoms with Crippen molar-refractivity contribution in [1.82, 2.24) is 0 Å². The van der Waals surface area contributed by atoms with Crippen molar-refractivity contribution in [2.45, 2.75) is 29.7 Å². The Hall–Kier alpha value is -3.69. The minimum absolute atomic E-state index is 0.0411. The smallest absolute Gasteiger partial charge is 0.397 e. The normalized spacial score (nSPS) is 13.0. The molecular formula is C22H27N3O14S3. The number of hydrogen-bond donors (Lipinski definition) is 3. The predicted octanol–water partition coefficient (Wildman–Crippen LogP) is 1.54. The minimum Gasteiger partial charge on any atom is -0.495 e. The van der Waals surface area contributed by atoms with Crippen molar-refractivity contribution in [3.63, 3.8) is 0 Å². The van der Waals surface area contributed by atoms with E-state index in [1.165, 1.54) is 27.2 Å². The number of azo groups is 1. The summed E-state index contributed by atoms with van der Waals surface area (Å²) in [6.45, 7) is 1.51. The Balaban J connectivity index is 2.44. The Morgan fingerprint density at radius 3 is 1.95 bits per heavy atom. The molecule has 0 heterocycles. The molecule has 0 saturated heterocycles. The summed E-state index contributed by atoms with van der Waals surface area (Å²) in [7, 11) is -10.2. The van der Waals surface area contributed by atoms with E-state index in [9.17, 15) is 39.4 Å². The van der Waals surface area contributed by atoms with Crippen LogP contribution in [0.5, 0.6) is 17.2 Å². The van der Waals surface area contributed by atoms with Crippen LogP contribution in [0.1, 0.15) is 12.5 Å². The number of carbonyl (C=O) groups is 2. The molecule has 0 saturated carbocycles. The van der Waals surface area contributed by atoms with Crippen LogP contribution in [0, 0.1) is 6.92 Å². The average Bonchev–Trinajstić information content (AvgIpc) is 2.86. The number of benzene rings is 2. The molecule has 0 spiro atoms. The maximum Gasteiger partial charge on any atom is 0.397 e. The van der Waals surface area contributed by atoms with Gasteiger partial charge in [0.15, 0.2) is 15.6 Å². The molecule has 17 nitrogen and oxygen atoms in total. The third-order valence-corrected chi connectivity index (χ3v) is 8.49. The number of ether oxygens (including phenoxy) is 3. The average molecular weight is 654 g/mol. The molecule has 0 bridgehead atoms. The topological polar surface area (TPSA) is 251 Å². The second-order valence-electron chi connectivity index (χ2n) is 8.25. The molecule has 0 aromatic heterocycles. The summed E-state index contributed by atoms with van der Waals surface area (Å²) in [5.74, 6) is -3.23. The highest BCUT2D eigenvalue weighted by Crippen LogP contribution is 2.38. The number of nitrogens with zero attached hydrogens (tertiary/aromatic N) is 2. The van der Waals surface area contributed by atoms with E-state index < -0.39 is 70.2 Å². The van der Waals surface area contributed by atoms with Gasteiger partial charge in [0.2, 0.25) is 6.04 Å². The quantitative estimate of drug-likeness (QED) is 0.149. The van der Waals surface area contributed by atoms with E-state index >= 15 is 0 Å². The lowest BCUT2D eigenvalue weighted by molar-refractivity contribution is -0.126. The van der Waals surface area contributed by atoms with Crippen LogP contribution in [-0.4, -0.2) is 85.8 Å². The van der Waals surface area contributed by atoms with Crippen LogP contribution in [0.25, 0.3) is 0 Å². The molecule has 0 aliphatic carbocycles. The van der Waals surface area contributed by atoms with E-state index in [1.807, 2.05) is 0 Å². The molecule has 0 aliphatic rings. The molecule has 42 heavy (non-hydrogen) atoms. The molecule has 2 aromatic rings. The number of nitrogens with one attached hydrogen (secondary N) is 1. The van der Waals surface area contributed by atoms with Crippen LogP contribution >= 0.6 is 0 Å². The predicted molar refractivity (Wildman–Crippen MR) is 144 cm³/mol. The van der Waals surface area contributed by atoms with E-state index in [0.29, 0.717) is 0 Å². The molecule has 3 N–H and O–H groups in total. The summed E-state index contributed by atoms with van der Waals surface area (Å²) in [5, 5.41) is 10.0. The summed E-state index contributed by atoms with van der Waals surface area (Å²) in [6.07, 6.45) is 0. The standard InChI is InChI=1S/C22H27N3O14S3/c1-12-8-14(16(36-3)10-19(12)41(30,31)32)23-22(27)21(13(2)26)25-24-15-9-18(38-5)20(11-17(15)37-4)40(28,29)7-6-39-42(33,34)35/h8-11,21H,6-7H2,1-5H3,(H,23,27)(H,30,31,32)(H,33,34,35)/b25-24+. The van der Waals surface area contributed by atoms with Crippen molar-refractivity contribution < 1.29 is 62.3 Å². The van der Waals surface area contributed by atoms with E-state index in [4.69, 9.17) is 18.8 Å². The lowest BCUT2D eigenvalue weighted by atomic mass is 10.1. The van der Waals surface area contributed by atoms with Crippen molar-refractivity contribution in [3.8, 4) is 17.2 Å². The number of hydrogen-bond acceptors (Lipinski definition) is 14. The SMILES string of the molecule is COc1cc(S(=O)(=O)CCOS(=O)(=O)O)c(OC)cc1/N=N/C(C(C)=O)C(=O)Nc1cc(C)c(S(=O)(=O)O)cc1OC. The van der Waals surface area contributed by atoms with Gasteiger partial charge in [-0.05, 0) is 25.5 Å². The van der Waals surface area contributed by atoms with Gasteiger partial charge in [0.25, 0.3) is 16.0 Å². The van der Waals surface area contributed by atoms with Crippen molar-refractivity contribution in [3.05, 3.63) is 29.8 Å². The Morgan fingerprint density at radius 2 is 1.45 bits per heavy atom. The lowest BCUT2D eigenvalue weighted by Crippen LogP contribution is -2.32. The lowest BCUT2D eigenvalue weighted by Gasteiger charge is -2.15. The molecule has 0 radical (unpaired) electrons. The number of anilines is 1. The van der Waals surface area contributed by atoms with Gasteiger partial charge in [-0.25, -0.2) is 12.6 Å². The summed E-state index contributed by atoms with van der Waals surface area (Å²) in [4.78, 5) is 24.3. The Labute approximate surface area is 241 Å². The molecule has 1 unspecified atom stereocenters. The molecule has 0 fully saturated rings. The fraction of sp³-hybridized carbons (Fsp3) is 0.364. The molecule has 1 atom stereocenters. The van der Waals surface area contributed by atoms with Crippen LogP contribution in [-0.2, 0) is 44.1 Å². The van der Waals surface area contributed by atoms with E-state index in [0.717, 1.165) is 32.2 Å². The summed E-state index contributed by atoms with van der Waals surface area (Å²) in [6, 6.07) is 2.50. The highest BCUT2D eigenvalue weighted by molar-refractivity contribution is 7.91. The summed E-state index contributed by atoms with van der Waals surface area (Å²) < 4.78 is 108. The van der Waals surface area contributed by atoms with Crippen LogP contribution in [0.4, 0.5) is 11.4 Å². The van der Waals surface area contributed by atoms with Crippen LogP contribution in [0.2, 0.25) is 0 Å². The fourth-order valence-electron chi connectivity index (χ4n) is 3.39. The largest absolute Gasteiger partial charge is 0.495 e. The van der Waals surface area contributed by atoms with Gasteiger partial charge in [-0.1, -0.05) is 0 Å². The van der Waals surface area contributed by atoms with E-state index in [1.54, 1.807) is 0 Å². The first-order chi connectivity index (χ1) is 19.3. The van der Waals surface area contributed by atoms with Gasteiger partial charge in [-0.3, -0.25) is 18.7 Å². The maximum atomic E-state index is 13.0. The maximum absolute atomic E-state index is 13.0. The molecule has 232 valence electrons. The highest BCUT2D eigenvalue weighted by atomic mass is 32.3. The monoisotopic (exact) mass is 653 g/mol. The number of methoxy groups -OCH3 is 3. The third kappa shape index (κ3) is 8.90. The number of rotatable bonds is 14. The number of carbonyl (C=O) groups excluding carboxylic acids is 2. The van der Waals surface area contributed by atoms with Crippen molar-refractivity contribution >= 4 is 53.4 Å². The highest BCUT2D eigenvalue weighted by Gasteiger charge is 2.27.